The van der Waals surface area contributed by atoms with E-state index in [0.717, 1.165) is 72.4 Å². The Bertz CT molecular complexity index is 2540. The lowest BCUT2D eigenvalue weighted by molar-refractivity contribution is 1.09. The van der Waals surface area contributed by atoms with Crippen molar-refractivity contribution in [2.24, 2.45) is 0 Å². The number of nitriles is 1. The molecule has 5 aromatic heterocycles. The normalized spacial score (nSPS) is 11.7. The summed E-state index contributed by atoms with van der Waals surface area (Å²) in [4.78, 5) is 14.7. The van der Waals surface area contributed by atoms with Gasteiger partial charge in [0.1, 0.15) is 11.3 Å². The SMILES string of the molecule is N#Cc1ccc(-n2c3ncccc3c3cccnc32)c(-c2ccccc2-n2c3ccccc3n3c4ccccc4nc23)c1. The highest BCUT2D eigenvalue weighted by Crippen LogP contribution is 2.39. The van der Waals surface area contributed by atoms with Crippen LogP contribution in [0, 0.1) is 11.3 Å². The van der Waals surface area contributed by atoms with Gasteiger partial charge in [0.2, 0.25) is 5.78 Å². The van der Waals surface area contributed by atoms with Crippen molar-refractivity contribution in [1.29, 1.82) is 5.26 Å². The van der Waals surface area contributed by atoms with Crippen LogP contribution in [0.15, 0.2) is 128 Å². The summed E-state index contributed by atoms with van der Waals surface area (Å²) in [7, 11) is 0. The predicted octanol–water partition coefficient (Wildman–Crippen LogP) is 7.86. The zero-order valence-electron chi connectivity index (χ0n) is 22.8. The highest BCUT2D eigenvalue weighted by atomic mass is 15.2. The molecule has 9 aromatic rings. The van der Waals surface area contributed by atoms with E-state index < -0.39 is 0 Å². The van der Waals surface area contributed by atoms with Gasteiger partial charge in [0.15, 0.2) is 0 Å². The molecule has 0 unspecified atom stereocenters. The molecule has 4 aromatic carbocycles. The molecule has 0 atom stereocenters. The molecule has 0 fully saturated rings. The maximum atomic E-state index is 9.99. The molecule has 7 heteroatoms. The zero-order valence-corrected chi connectivity index (χ0v) is 22.8. The number of imidazole rings is 2. The second-order valence-corrected chi connectivity index (χ2v) is 10.5. The number of hydrogen-bond donors (Lipinski definition) is 0. The van der Waals surface area contributed by atoms with Crippen LogP contribution in [0.2, 0.25) is 0 Å². The molecule has 0 aliphatic rings. The van der Waals surface area contributed by atoms with E-state index in [0.29, 0.717) is 5.56 Å². The van der Waals surface area contributed by atoms with Crippen LogP contribution in [0.5, 0.6) is 0 Å². The third-order valence-electron chi connectivity index (χ3n) is 8.20. The Morgan fingerprint density at radius 1 is 0.558 bits per heavy atom. The van der Waals surface area contributed by atoms with Gasteiger partial charge in [-0.2, -0.15) is 5.26 Å². The van der Waals surface area contributed by atoms with Gasteiger partial charge in [0.25, 0.3) is 0 Å². The maximum absolute atomic E-state index is 9.99. The fourth-order valence-corrected chi connectivity index (χ4v) is 6.40. The van der Waals surface area contributed by atoms with Crippen molar-refractivity contribution in [3.63, 3.8) is 0 Å². The summed E-state index contributed by atoms with van der Waals surface area (Å²) in [5, 5.41) is 12.0. The Morgan fingerprint density at radius 3 is 1.98 bits per heavy atom. The fourth-order valence-electron chi connectivity index (χ4n) is 6.40. The van der Waals surface area contributed by atoms with Gasteiger partial charge in [-0.3, -0.25) is 13.5 Å². The van der Waals surface area contributed by atoms with Gasteiger partial charge in [0.05, 0.1) is 45.1 Å². The summed E-state index contributed by atoms with van der Waals surface area (Å²) >= 11 is 0. The molecule has 0 saturated carbocycles. The molecule has 0 aliphatic heterocycles. The first-order valence-corrected chi connectivity index (χ1v) is 14.0. The molecule has 9 rings (SSSR count). The molecule has 0 saturated heterocycles. The average molecular weight is 552 g/mol. The molecule has 0 spiro atoms. The number of fused-ring (bicyclic) bond motifs is 8. The fraction of sp³-hybridized carbons (Fsp3) is 0. The van der Waals surface area contributed by atoms with E-state index in [1.54, 1.807) is 12.4 Å². The van der Waals surface area contributed by atoms with E-state index >= 15 is 0 Å². The monoisotopic (exact) mass is 551 g/mol. The second kappa shape index (κ2) is 8.87. The van der Waals surface area contributed by atoms with Gasteiger partial charge in [-0.15, -0.1) is 0 Å². The lowest BCUT2D eigenvalue weighted by Crippen LogP contribution is -2.03. The number of aromatic nitrogens is 6. The number of benzene rings is 4. The van der Waals surface area contributed by atoms with E-state index in [4.69, 9.17) is 15.0 Å². The van der Waals surface area contributed by atoms with Gasteiger partial charge < -0.3 is 0 Å². The number of pyridine rings is 2. The van der Waals surface area contributed by atoms with Crippen LogP contribution >= 0.6 is 0 Å². The molecular weight excluding hydrogens is 530 g/mol. The Kier molecular flexibility index (Phi) is 4.84. The van der Waals surface area contributed by atoms with Crippen molar-refractivity contribution < 1.29 is 0 Å². The lowest BCUT2D eigenvalue weighted by Gasteiger charge is -2.17. The maximum Gasteiger partial charge on any atom is 0.220 e. The van der Waals surface area contributed by atoms with Crippen LogP contribution in [-0.4, -0.2) is 28.5 Å². The van der Waals surface area contributed by atoms with E-state index in [-0.39, 0.29) is 0 Å². The average Bonchev–Trinajstić information content (AvgIpc) is 3.71. The molecule has 0 amide bonds. The minimum Gasteiger partial charge on any atom is -0.278 e. The molecule has 43 heavy (non-hydrogen) atoms. The summed E-state index contributed by atoms with van der Waals surface area (Å²) in [6.07, 6.45) is 3.61. The van der Waals surface area contributed by atoms with Crippen molar-refractivity contribution in [1.82, 2.24) is 28.5 Å². The summed E-state index contributed by atoms with van der Waals surface area (Å²) in [5.41, 5.74) is 10.0. The summed E-state index contributed by atoms with van der Waals surface area (Å²) in [6, 6.07) is 41.1. The Morgan fingerprint density at radius 2 is 1.21 bits per heavy atom. The molecule has 7 nitrogen and oxygen atoms in total. The minimum atomic E-state index is 0.573. The van der Waals surface area contributed by atoms with E-state index in [9.17, 15) is 5.26 Å². The van der Waals surface area contributed by atoms with Crippen LogP contribution < -0.4 is 0 Å². The van der Waals surface area contributed by atoms with Crippen LogP contribution in [0.25, 0.3) is 72.4 Å². The van der Waals surface area contributed by atoms with Crippen molar-refractivity contribution in [2.45, 2.75) is 0 Å². The van der Waals surface area contributed by atoms with Gasteiger partial charge in [-0.05, 0) is 72.8 Å². The lowest BCUT2D eigenvalue weighted by atomic mass is 9.99. The number of rotatable bonds is 3. The van der Waals surface area contributed by atoms with Crippen LogP contribution in [-0.2, 0) is 0 Å². The first kappa shape index (κ1) is 23.4. The van der Waals surface area contributed by atoms with Crippen molar-refractivity contribution >= 4 is 49.9 Å². The first-order valence-electron chi connectivity index (χ1n) is 14.0. The molecule has 0 bridgehead atoms. The summed E-state index contributed by atoms with van der Waals surface area (Å²) in [6.45, 7) is 0. The molecule has 200 valence electrons. The first-order chi connectivity index (χ1) is 21.3. The minimum absolute atomic E-state index is 0.573. The van der Waals surface area contributed by atoms with E-state index in [1.165, 1.54) is 0 Å². The Labute approximate surface area is 245 Å². The molecule has 0 aliphatic carbocycles. The topological polar surface area (TPSA) is 76.7 Å². The third kappa shape index (κ3) is 3.26. The smallest absolute Gasteiger partial charge is 0.220 e. The zero-order chi connectivity index (χ0) is 28.5. The second-order valence-electron chi connectivity index (χ2n) is 10.5. The standard InChI is InChI=1S/C36H21N7/c37-22-23-17-18-30(43-34-25(10-7-19-38-34)26-11-8-20-39-35(26)43)27(21-23)24-9-1-3-13-29(24)41-32-15-5-6-16-33(32)42-31-14-4-2-12-28(31)40-36(41)42/h1-21H. The quantitative estimate of drug-likeness (QED) is 0.224. The van der Waals surface area contributed by atoms with Gasteiger partial charge in [-0.1, -0.05) is 42.5 Å². The van der Waals surface area contributed by atoms with Crippen molar-refractivity contribution in [3.8, 4) is 28.6 Å². The van der Waals surface area contributed by atoms with E-state index in [1.807, 2.05) is 60.7 Å². The van der Waals surface area contributed by atoms with Crippen molar-refractivity contribution in [3.05, 3.63) is 133 Å². The molecular formula is C36H21N7. The predicted molar refractivity (Wildman–Crippen MR) is 170 cm³/mol. The largest absolute Gasteiger partial charge is 0.278 e. The Hall–Kier alpha value is -6.26. The van der Waals surface area contributed by atoms with Crippen molar-refractivity contribution in [2.75, 3.05) is 0 Å². The highest BCUT2D eigenvalue weighted by molar-refractivity contribution is 6.07. The van der Waals surface area contributed by atoms with Gasteiger partial charge in [-0.25, -0.2) is 15.0 Å². The summed E-state index contributed by atoms with van der Waals surface area (Å²) < 4.78 is 6.54. The van der Waals surface area contributed by atoms with Gasteiger partial charge in [0, 0.05) is 34.3 Å². The number of nitrogens with zero attached hydrogens (tertiary/aromatic N) is 7. The van der Waals surface area contributed by atoms with E-state index in [2.05, 4.69) is 74.2 Å². The van der Waals surface area contributed by atoms with Crippen LogP contribution in [0.4, 0.5) is 0 Å². The summed E-state index contributed by atoms with van der Waals surface area (Å²) in [5.74, 6) is 0.827. The third-order valence-corrected chi connectivity index (χ3v) is 8.20. The Balaban J connectivity index is 1.41. The molecule has 0 N–H and O–H groups in total. The van der Waals surface area contributed by atoms with Crippen LogP contribution in [0.3, 0.4) is 0 Å². The van der Waals surface area contributed by atoms with Crippen LogP contribution in [0.1, 0.15) is 5.56 Å². The molecule has 0 radical (unpaired) electrons. The van der Waals surface area contributed by atoms with Gasteiger partial charge >= 0.3 is 0 Å². The number of para-hydroxylation sites is 5. The molecule has 5 heterocycles. The number of hydrogen-bond acceptors (Lipinski definition) is 4. The highest BCUT2D eigenvalue weighted by Gasteiger charge is 2.22.